The predicted molar refractivity (Wildman–Crippen MR) is 84.6 cm³/mol. The fraction of sp³-hybridized carbons (Fsp3) is 0.286. The fourth-order valence-electron chi connectivity index (χ4n) is 1.93. The second kappa shape index (κ2) is 6.77. The Labute approximate surface area is 132 Å². The van der Waals surface area contributed by atoms with E-state index in [4.69, 9.17) is 4.74 Å². The Bertz CT molecular complexity index is 728. The van der Waals surface area contributed by atoms with E-state index in [0.29, 0.717) is 11.6 Å². The molecule has 1 aromatic heterocycles. The molecule has 0 aliphatic rings. The molecule has 0 saturated heterocycles. The number of carbonyl (C=O) groups is 1. The van der Waals surface area contributed by atoms with Gasteiger partial charge in [0.15, 0.2) is 0 Å². The van der Waals surface area contributed by atoms with Crippen molar-refractivity contribution in [2.45, 2.75) is 13.0 Å². The van der Waals surface area contributed by atoms with Crippen molar-refractivity contribution < 1.29 is 14.5 Å². The Morgan fingerprint density at radius 2 is 2.17 bits per heavy atom. The van der Waals surface area contributed by atoms with Crippen LogP contribution in [0.4, 0.5) is 17.2 Å². The number of methoxy groups -OCH3 is 1. The molecule has 0 fully saturated rings. The van der Waals surface area contributed by atoms with Crippen LogP contribution in [-0.2, 0) is 11.8 Å². The highest BCUT2D eigenvalue weighted by Gasteiger charge is 2.18. The molecule has 0 bridgehead atoms. The molecule has 1 unspecified atom stereocenters. The van der Waals surface area contributed by atoms with Gasteiger partial charge in [0, 0.05) is 31.4 Å². The van der Waals surface area contributed by atoms with E-state index in [1.807, 2.05) is 0 Å². The minimum absolute atomic E-state index is 0.133. The van der Waals surface area contributed by atoms with Crippen LogP contribution in [0.5, 0.6) is 5.75 Å². The lowest BCUT2D eigenvalue weighted by molar-refractivity contribution is -0.384. The highest BCUT2D eigenvalue weighted by molar-refractivity contribution is 5.97. The number of carbonyl (C=O) groups excluding carboxylic acids is 1. The van der Waals surface area contributed by atoms with Crippen molar-refractivity contribution in [1.82, 2.24) is 9.78 Å². The zero-order valence-corrected chi connectivity index (χ0v) is 12.9. The number of rotatable bonds is 6. The van der Waals surface area contributed by atoms with E-state index >= 15 is 0 Å². The molecular formula is C14H17N5O4. The number of nitro groups is 1. The third kappa shape index (κ3) is 3.96. The molecule has 1 heterocycles. The van der Waals surface area contributed by atoms with Gasteiger partial charge < -0.3 is 15.4 Å². The van der Waals surface area contributed by atoms with Gasteiger partial charge in [-0.3, -0.25) is 19.6 Å². The van der Waals surface area contributed by atoms with Gasteiger partial charge in [-0.1, -0.05) is 0 Å². The largest absolute Gasteiger partial charge is 0.495 e. The molecule has 0 aliphatic carbocycles. The normalized spacial score (nSPS) is 11.6. The number of ether oxygens (including phenoxy) is 1. The van der Waals surface area contributed by atoms with Crippen LogP contribution in [0.25, 0.3) is 0 Å². The number of amides is 1. The van der Waals surface area contributed by atoms with Gasteiger partial charge in [0.1, 0.15) is 17.6 Å². The quantitative estimate of drug-likeness (QED) is 0.620. The molecular weight excluding hydrogens is 302 g/mol. The first-order valence-corrected chi connectivity index (χ1v) is 6.80. The van der Waals surface area contributed by atoms with E-state index in [9.17, 15) is 14.9 Å². The number of aromatic nitrogens is 2. The lowest BCUT2D eigenvalue weighted by Crippen LogP contribution is -2.32. The van der Waals surface area contributed by atoms with Gasteiger partial charge in [-0.25, -0.2) is 0 Å². The fourth-order valence-corrected chi connectivity index (χ4v) is 1.93. The maximum Gasteiger partial charge on any atom is 0.271 e. The molecule has 2 rings (SSSR count). The molecule has 1 atom stereocenters. The van der Waals surface area contributed by atoms with Gasteiger partial charge in [0.05, 0.1) is 17.7 Å². The highest BCUT2D eigenvalue weighted by atomic mass is 16.6. The molecule has 9 heteroatoms. The van der Waals surface area contributed by atoms with Crippen molar-refractivity contribution in [2.75, 3.05) is 17.7 Å². The average molecular weight is 319 g/mol. The zero-order chi connectivity index (χ0) is 17.0. The molecule has 0 saturated carbocycles. The van der Waals surface area contributed by atoms with Crippen molar-refractivity contribution in [2.24, 2.45) is 7.05 Å². The van der Waals surface area contributed by atoms with Crippen LogP contribution >= 0.6 is 0 Å². The van der Waals surface area contributed by atoms with Crippen LogP contribution in [-0.4, -0.2) is 33.8 Å². The van der Waals surface area contributed by atoms with Crippen molar-refractivity contribution in [3.8, 4) is 5.75 Å². The van der Waals surface area contributed by atoms with Crippen LogP contribution in [0, 0.1) is 10.1 Å². The molecule has 1 aromatic carbocycles. The molecule has 0 radical (unpaired) electrons. The smallest absolute Gasteiger partial charge is 0.271 e. The number of aryl methyl sites for hydroxylation is 1. The molecule has 122 valence electrons. The molecule has 23 heavy (non-hydrogen) atoms. The number of nitrogens with zero attached hydrogens (tertiary/aromatic N) is 3. The van der Waals surface area contributed by atoms with Crippen LogP contribution in [0.2, 0.25) is 0 Å². The summed E-state index contributed by atoms with van der Waals surface area (Å²) in [5.41, 5.74) is 0.104. The lowest BCUT2D eigenvalue weighted by Gasteiger charge is -2.15. The number of hydrogen-bond donors (Lipinski definition) is 2. The first kappa shape index (κ1) is 16.3. The number of hydrogen-bond acceptors (Lipinski definition) is 6. The first-order valence-electron chi connectivity index (χ1n) is 6.80. The summed E-state index contributed by atoms with van der Waals surface area (Å²) < 4.78 is 6.72. The lowest BCUT2D eigenvalue weighted by atomic mass is 10.2. The minimum atomic E-state index is -0.589. The number of non-ortho nitro benzene ring substituents is 1. The summed E-state index contributed by atoms with van der Waals surface area (Å²) in [6.45, 7) is 1.66. The van der Waals surface area contributed by atoms with E-state index < -0.39 is 11.0 Å². The van der Waals surface area contributed by atoms with E-state index in [0.717, 1.165) is 0 Å². The van der Waals surface area contributed by atoms with Crippen LogP contribution in [0.15, 0.2) is 30.5 Å². The van der Waals surface area contributed by atoms with E-state index in [-0.39, 0.29) is 17.3 Å². The summed E-state index contributed by atoms with van der Waals surface area (Å²) in [4.78, 5) is 22.5. The standard InChI is InChI=1S/C14H17N5O4/c1-9(15-13-6-7-18(2)17-13)14(20)16-11-8-10(19(21)22)4-5-12(11)23-3/h4-9H,1-3H3,(H,15,17)(H,16,20). The number of nitrogens with one attached hydrogen (secondary N) is 2. The minimum Gasteiger partial charge on any atom is -0.495 e. The van der Waals surface area contributed by atoms with Crippen molar-refractivity contribution in [3.63, 3.8) is 0 Å². The average Bonchev–Trinajstić information content (AvgIpc) is 2.92. The summed E-state index contributed by atoms with van der Waals surface area (Å²) in [5.74, 6) is 0.532. The number of anilines is 2. The Morgan fingerprint density at radius 3 is 2.74 bits per heavy atom. The Kier molecular flexibility index (Phi) is 4.79. The SMILES string of the molecule is COc1ccc([N+](=O)[O-])cc1NC(=O)C(C)Nc1ccn(C)n1. The molecule has 1 amide bonds. The predicted octanol–water partition coefficient (Wildman–Crippen LogP) is 1.78. The van der Waals surface area contributed by atoms with Gasteiger partial charge in [-0.15, -0.1) is 0 Å². The summed E-state index contributed by atoms with van der Waals surface area (Å²) in [6, 6.07) is 5.14. The monoisotopic (exact) mass is 319 g/mol. The summed E-state index contributed by atoms with van der Waals surface area (Å²) in [7, 11) is 3.19. The van der Waals surface area contributed by atoms with Crippen molar-refractivity contribution in [3.05, 3.63) is 40.6 Å². The Balaban J connectivity index is 2.12. The molecule has 0 aliphatic heterocycles. The topological polar surface area (TPSA) is 111 Å². The number of nitro benzene ring substituents is 1. The molecule has 2 N–H and O–H groups in total. The van der Waals surface area contributed by atoms with Crippen LogP contribution in [0.1, 0.15) is 6.92 Å². The number of benzene rings is 1. The van der Waals surface area contributed by atoms with Gasteiger partial charge in [0.2, 0.25) is 5.91 Å². The maximum atomic E-state index is 12.2. The van der Waals surface area contributed by atoms with Crippen LogP contribution in [0.3, 0.4) is 0 Å². The Morgan fingerprint density at radius 1 is 1.43 bits per heavy atom. The second-order valence-corrected chi connectivity index (χ2v) is 4.87. The second-order valence-electron chi connectivity index (χ2n) is 4.87. The van der Waals surface area contributed by atoms with Crippen LogP contribution < -0.4 is 15.4 Å². The van der Waals surface area contributed by atoms with Crippen molar-refractivity contribution in [1.29, 1.82) is 0 Å². The Hall–Kier alpha value is -3.10. The van der Waals surface area contributed by atoms with Crippen molar-refractivity contribution >= 4 is 23.1 Å². The van der Waals surface area contributed by atoms with E-state index in [2.05, 4.69) is 15.7 Å². The zero-order valence-electron chi connectivity index (χ0n) is 12.9. The molecule has 0 spiro atoms. The third-order valence-corrected chi connectivity index (χ3v) is 3.12. The summed E-state index contributed by atoms with van der Waals surface area (Å²) >= 11 is 0. The molecule has 9 nitrogen and oxygen atoms in total. The summed E-state index contributed by atoms with van der Waals surface area (Å²) in [5, 5.41) is 20.5. The first-order chi connectivity index (χ1) is 10.9. The van der Waals surface area contributed by atoms with Gasteiger partial charge in [-0.2, -0.15) is 5.10 Å². The highest BCUT2D eigenvalue weighted by Crippen LogP contribution is 2.29. The third-order valence-electron chi connectivity index (χ3n) is 3.12. The van der Waals surface area contributed by atoms with E-state index in [1.165, 1.54) is 25.3 Å². The van der Waals surface area contributed by atoms with Gasteiger partial charge in [0.25, 0.3) is 5.69 Å². The van der Waals surface area contributed by atoms with E-state index in [1.54, 1.807) is 30.9 Å². The molecule has 2 aromatic rings. The maximum absolute atomic E-state index is 12.2. The van der Waals surface area contributed by atoms with Gasteiger partial charge >= 0.3 is 0 Å². The summed E-state index contributed by atoms with van der Waals surface area (Å²) in [6.07, 6.45) is 1.75. The van der Waals surface area contributed by atoms with Gasteiger partial charge in [-0.05, 0) is 13.0 Å².